The summed E-state index contributed by atoms with van der Waals surface area (Å²) >= 11 is 0. The summed E-state index contributed by atoms with van der Waals surface area (Å²) in [7, 11) is 0. The first-order valence-electron chi connectivity index (χ1n) is 6.82. The van der Waals surface area contributed by atoms with Gasteiger partial charge in [0.25, 0.3) is 0 Å². The maximum absolute atomic E-state index is 10.3. The molecule has 1 N–H and O–H groups in total. The molecule has 0 aromatic carbocycles. The summed E-state index contributed by atoms with van der Waals surface area (Å²) in [5, 5.41) is 10.0. The fourth-order valence-corrected chi connectivity index (χ4v) is 1.81. The van der Waals surface area contributed by atoms with E-state index in [9.17, 15) is 9.90 Å². The Morgan fingerprint density at radius 3 is 2.22 bits per heavy atom. The molecule has 0 fully saturated rings. The van der Waals surface area contributed by atoms with Crippen LogP contribution in [0.4, 0.5) is 0 Å². The van der Waals surface area contributed by atoms with E-state index < -0.39 is 5.60 Å². The summed E-state index contributed by atoms with van der Waals surface area (Å²) in [6, 6.07) is 0. The normalized spacial score (nSPS) is 15.1. The standard InChI is InChI=1S/C16H28O2/c1-14(2)8-5-9-15(3)10-6-11-16(4,18)12-7-13-17/h8,10,13,18H,5-7,9,11-12H2,1-4H3. The zero-order valence-electron chi connectivity index (χ0n) is 12.3. The summed E-state index contributed by atoms with van der Waals surface area (Å²) in [6.45, 7) is 8.17. The Hall–Kier alpha value is -0.890. The average Bonchev–Trinajstić information content (AvgIpc) is 2.25. The van der Waals surface area contributed by atoms with Crippen LogP contribution in [0, 0.1) is 0 Å². The molecule has 1 unspecified atom stereocenters. The van der Waals surface area contributed by atoms with Crippen molar-refractivity contribution in [3.8, 4) is 0 Å². The van der Waals surface area contributed by atoms with Crippen molar-refractivity contribution in [3.05, 3.63) is 23.3 Å². The minimum atomic E-state index is -0.711. The van der Waals surface area contributed by atoms with E-state index in [1.54, 1.807) is 0 Å². The third-order valence-corrected chi connectivity index (χ3v) is 3.07. The van der Waals surface area contributed by atoms with Crippen molar-refractivity contribution in [2.45, 2.75) is 71.8 Å². The van der Waals surface area contributed by atoms with Crippen molar-refractivity contribution in [2.75, 3.05) is 0 Å². The van der Waals surface area contributed by atoms with E-state index in [2.05, 4.69) is 32.9 Å². The predicted molar refractivity (Wildman–Crippen MR) is 77.6 cm³/mol. The summed E-state index contributed by atoms with van der Waals surface area (Å²) in [4.78, 5) is 10.3. The van der Waals surface area contributed by atoms with Crippen molar-refractivity contribution in [1.82, 2.24) is 0 Å². The van der Waals surface area contributed by atoms with Crippen molar-refractivity contribution < 1.29 is 9.90 Å². The number of rotatable bonds is 9. The molecule has 2 heteroatoms. The number of hydrogen-bond donors (Lipinski definition) is 1. The Kier molecular flexibility index (Phi) is 8.65. The molecule has 0 aromatic heterocycles. The van der Waals surface area contributed by atoms with Crippen LogP contribution in [0.15, 0.2) is 23.3 Å². The van der Waals surface area contributed by atoms with Gasteiger partial charge in [-0.1, -0.05) is 23.3 Å². The van der Waals surface area contributed by atoms with Gasteiger partial charge in [0.05, 0.1) is 5.60 Å². The molecule has 0 aliphatic carbocycles. The third kappa shape index (κ3) is 10.3. The van der Waals surface area contributed by atoms with Crippen LogP contribution < -0.4 is 0 Å². The molecule has 0 aromatic rings. The fraction of sp³-hybridized carbons (Fsp3) is 0.688. The highest BCUT2D eigenvalue weighted by atomic mass is 16.3. The van der Waals surface area contributed by atoms with Gasteiger partial charge >= 0.3 is 0 Å². The number of hydrogen-bond acceptors (Lipinski definition) is 2. The zero-order chi connectivity index (χ0) is 14.0. The second-order valence-electron chi connectivity index (χ2n) is 5.61. The van der Waals surface area contributed by atoms with E-state index in [0.717, 1.165) is 32.0 Å². The first kappa shape index (κ1) is 17.1. The Bertz CT molecular complexity index is 294. The molecule has 0 amide bonds. The number of allylic oxidation sites excluding steroid dienone is 4. The van der Waals surface area contributed by atoms with Gasteiger partial charge in [0.2, 0.25) is 0 Å². The van der Waals surface area contributed by atoms with Crippen LogP contribution in [0.25, 0.3) is 0 Å². The molecule has 0 saturated carbocycles. The highest BCUT2D eigenvalue weighted by Gasteiger charge is 2.18. The van der Waals surface area contributed by atoms with Gasteiger partial charge in [-0.05, 0) is 59.8 Å². The fourth-order valence-electron chi connectivity index (χ4n) is 1.81. The maximum Gasteiger partial charge on any atom is 0.120 e. The summed E-state index contributed by atoms with van der Waals surface area (Å²) in [5.74, 6) is 0. The molecule has 0 heterocycles. The van der Waals surface area contributed by atoms with Crippen molar-refractivity contribution in [3.63, 3.8) is 0 Å². The SMILES string of the molecule is CC(C)=CCCC(C)=CCCC(C)(O)CCC=O. The van der Waals surface area contributed by atoms with Crippen LogP contribution in [0.5, 0.6) is 0 Å². The van der Waals surface area contributed by atoms with Gasteiger partial charge in [-0.2, -0.15) is 0 Å². The van der Waals surface area contributed by atoms with E-state index in [-0.39, 0.29) is 0 Å². The van der Waals surface area contributed by atoms with E-state index in [1.807, 2.05) is 6.92 Å². The minimum absolute atomic E-state index is 0.441. The summed E-state index contributed by atoms with van der Waals surface area (Å²) in [6.07, 6.45) is 10.1. The predicted octanol–water partition coefficient (Wildman–Crippen LogP) is 4.19. The Balaban J connectivity index is 3.92. The van der Waals surface area contributed by atoms with Gasteiger partial charge in [-0.3, -0.25) is 0 Å². The van der Waals surface area contributed by atoms with Crippen molar-refractivity contribution >= 4 is 6.29 Å². The van der Waals surface area contributed by atoms with Gasteiger partial charge in [0, 0.05) is 6.42 Å². The smallest absolute Gasteiger partial charge is 0.120 e. The number of carbonyl (C=O) groups is 1. The first-order valence-corrected chi connectivity index (χ1v) is 6.82. The van der Waals surface area contributed by atoms with Crippen molar-refractivity contribution in [1.29, 1.82) is 0 Å². The van der Waals surface area contributed by atoms with Gasteiger partial charge in [-0.15, -0.1) is 0 Å². The highest BCUT2D eigenvalue weighted by molar-refractivity contribution is 5.49. The molecule has 0 spiro atoms. The molecule has 0 aliphatic rings. The lowest BCUT2D eigenvalue weighted by Gasteiger charge is -2.21. The van der Waals surface area contributed by atoms with Gasteiger partial charge in [0.1, 0.15) is 6.29 Å². The van der Waals surface area contributed by atoms with E-state index in [0.29, 0.717) is 12.8 Å². The monoisotopic (exact) mass is 252 g/mol. The van der Waals surface area contributed by atoms with Crippen LogP contribution in [0.1, 0.15) is 66.2 Å². The Morgan fingerprint density at radius 1 is 1.06 bits per heavy atom. The minimum Gasteiger partial charge on any atom is -0.390 e. The molecule has 0 saturated heterocycles. The van der Waals surface area contributed by atoms with Gasteiger partial charge in [0.15, 0.2) is 0 Å². The van der Waals surface area contributed by atoms with E-state index in [1.165, 1.54) is 11.1 Å². The molecule has 0 bridgehead atoms. The van der Waals surface area contributed by atoms with Gasteiger partial charge < -0.3 is 9.90 Å². The van der Waals surface area contributed by atoms with Crippen LogP contribution in [0.3, 0.4) is 0 Å². The molecule has 0 aliphatic heterocycles. The van der Waals surface area contributed by atoms with E-state index >= 15 is 0 Å². The lowest BCUT2D eigenvalue weighted by Crippen LogP contribution is -2.23. The number of aldehydes is 1. The first-order chi connectivity index (χ1) is 8.37. The second-order valence-corrected chi connectivity index (χ2v) is 5.61. The molecule has 1 atom stereocenters. The average molecular weight is 252 g/mol. The molecule has 2 nitrogen and oxygen atoms in total. The summed E-state index contributed by atoms with van der Waals surface area (Å²) < 4.78 is 0. The number of aliphatic hydroxyl groups is 1. The van der Waals surface area contributed by atoms with E-state index in [4.69, 9.17) is 0 Å². The van der Waals surface area contributed by atoms with Crippen LogP contribution in [-0.4, -0.2) is 17.0 Å². The number of carbonyl (C=O) groups excluding carboxylic acids is 1. The van der Waals surface area contributed by atoms with Crippen LogP contribution >= 0.6 is 0 Å². The third-order valence-electron chi connectivity index (χ3n) is 3.07. The largest absolute Gasteiger partial charge is 0.390 e. The molecule has 0 radical (unpaired) electrons. The van der Waals surface area contributed by atoms with Crippen LogP contribution in [-0.2, 0) is 4.79 Å². The highest BCUT2D eigenvalue weighted by Crippen LogP contribution is 2.19. The van der Waals surface area contributed by atoms with Crippen molar-refractivity contribution in [2.24, 2.45) is 0 Å². The lowest BCUT2D eigenvalue weighted by atomic mass is 9.94. The lowest BCUT2D eigenvalue weighted by molar-refractivity contribution is -0.109. The van der Waals surface area contributed by atoms with Gasteiger partial charge in [-0.25, -0.2) is 0 Å². The topological polar surface area (TPSA) is 37.3 Å². The Morgan fingerprint density at radius 2 is 1.67 bits per heavy atom. The molecular formula is C16H28O2. The quantitative estimate of drug-likeness (QED) is 0.493. The zero-order valence-corrected chi connectivity index (χ0v) is 12.3. The Labute approximate surface area is 112 Å². The molecular weight excluding hydrogens is 224 g/mol. The maximum atomic E-state index is 10.3. The molecule has 104 valence electrons. The summed E-state index contributed by atoms with van der Waals surface area (Å²) in [5.41, 5.74) is 2.02. The molecule has 18 heavy (non-hydrogen) atoms. The van der Waals surface area contributed by atoms with Crippen LogP contribution in [0.2, 0.25) is 0 Å². The molecule has 0 rings (SSSR count). The second kappa shape index (κ2) is 9.09.